The zero-order valence-electron chi connectivity index (χ0n) is 6.53. The smallest absolute Gasteiger partial charge is 0.181 e. The minimum absolute atomic E-state index is 0.104. The van der Waals surface area contributed by atoms with Crippen molar-refractivity contribution in [2.75, 3.05) is 5.32 Å². The summed E-state index contributed by atoms with van der Waals surface area (Å²) in [6.45, 7) is 0. The highest BCUT2D eigenvalue weighted by Crippen LogP contribution is 2.12. The molecule has 0 aromatic heterocycles. The molecule has 1 aromatic carbocycles. The average molecular weight is 159 g/mol. The largest absolute Gasteiger partial charge is 0.372 e. The van der Waals surface area contributed by atoms with Crippen molar-refractivity contribution in [3.63, 3.8) is 0 Å². The molecule has 0 aliphatic heterocycles. The van der Waals surface area contributed by atoms with E-state index in [0.29, 0.717) is 0 Å². The van der Waals surface area contributed by atoms with E-state index in [1.165, 1.54) is 0 Å². The maximum Gasteiger partial charge on any atom is 0.181 e. The number of rotatable bonds is 2. The lowest BCUT2D eigenvalue weighted by Gasteiger charge is -2.18. The number of anilines is 1. The van der Waals surface area contributed by atoms with Crippen LogP contribution in [0.3, 0.4) is 0 Å². The number of para-hydroxylation sites is 1. The van der Waals surface area contributed by atoms with Crippen LogP contribution in [-0.4, -0.2) is 11.8 Å². The van der Waals surface area contributed by atoms with Crippen molar-refractivity contribution in [2.24, 2.45) is 0 Å². The van der Waals surface area contributed by atoms with Crippen LogP contribution in [0.5, 0.6) is 0 Å². The van der Waals surface area contributed by atoms with E-state index in [2.05, 4.69) is 5.32 Å². The van der Waals surface area contributed by atoms with Gasteiger partial charge in [-0.3, -0.25) is 4.79 Å². The van der Waals surface area contributed by atoms with Gasteiger partial charge in [0.2, 0.25) is 0 Å². The van der Waals surface area contributed by atoms with Crippen LogP contribution in [0.4, 0.5) is 5.69 Å². The van der Waals surface area contributed by atoms with Gasteiger partial charge in [0.1, 0.15) is 6.04 Å². The Morgan fingerprint density at radius 3 is 2.42 bits per heavy atom. The van der Waals surface area contributed by atoms with E-state index in [1.54, 1.807) is 6.08 Å². The Bertz CT molecular complexity index is 316. The van der Waals surface area contributed by atoms with Crippen LogP contribution in [0.2, 0.25) is 0 Å². The van der Waals surface area contributed by atoms with Crippen molar-refractivity contribution in [2.45, 2.75) is 6.04 Å². The van der Waals surface area contributed by atoms with Gasteiger partial charge in [0.25, 0.3) is 0 Å². The number of carbonyl (C=O) groups is 1. The summed E-state index contributed by atoms with van der Waals surface area (Å²) in [4.78, 5) is 10.9. The van der Waals surface area contributed by atoms with Gasteiger partial charge in [-0.05, 0) is 18.2 Å². The number of benzene rings is 1. The Morgan fingerprint density at radius 1 is 1.17 bits per heavy atom. The van der Waals surface area contributed by atoms with E-state index in [0.717, 1.165) is 5.69 Å². The first-order chi connectivity index (χ1) is 5.86. The topological polar surface area (TPSA) is 29.1 Å². The molecule has 1 aromatic rings. The van der Waals surface area contributed by atoms with Crippen molar-refractivity contribution in [1.29, 1.82) is 0 Å². The number of carbonyl (C=O) groups excluding carboxylic acids is 1. The lowest BCUT2D eigenvalue weighted by atomic mass is 10.0. The Hall–Kier alpha value is -1.57. The van der Waals surface area contributed by atoms with Gasteiger partial charge >= 0.3 is 0 Å². The van der Waals surface area contributed by atoms with Crippen LogP contribution in [0, 0.1) is 0 Å². The highest BCUT2D eigenvalue weighted by atomic mass is 16.1. The van der Waals surface area contributed by atoms with Gasteiger partial charge in [0.15, 0.2) is 5.78 Å². The molecule has 0 spiro atoms. The summed E-state index contributed by atoms with van der Waals surface area (Å²) in [5, 5.41) is 3.09. The van der Waals surface area contributed by atoms with Crippen LogP contribution >= 0.6 is 0 Å². The van der Waals surface area contributed by atoms with Gasteiger partial charge in [-0.15, -0.1) is 0 Å². The monoisotopic (exact) mass is 159 g/mol. The van der Waals surface area contributed by atoms with Gasteiger partial charge in [0, 0.05) is 5.69 Å². The van der Waals surface area contributed by atoms with Gasteiger partial charge < -0.3 is 5.32 Å². The second-order valence-corrected chi connectivity index (χ2v) is 2.75. The van der Waals surface area contributed by atoms with Crippen molar-refractivity contribution in [3.8, 4) is 0 Å². The fraction of sp³-hybridized carbons (Fsp3) is 0.100. The van der Waals surface area contributed by atoms with E-state index < -0.39 is 0 Å². The number of nitrogens with one attached hydrogen (secondary N) is 1. The standard InChI is InChI=1S/C10H9NO/c12-10-7-6-9(10)11-8-4-2-1-3-5-8/h1-7,9,11H. The van der Waals surface area contributed by atoms with Crippen LogP contribution in [0.1, 0.15) is 0 Å². The van der Waals surface area contributed by atoms with Gasteiger partial charge in [-0.25, -0.2) is 0 Å². The molecule has 1 N–H and O–H groups in total. The summed E-state index contributed by atoms with van der Waals surface area (Å²) in [5.41, 5.74) is 0.986. The molecular formula is C10H9NO. The molecule has 2 nitrogen and oxygen atoms in total. The molecule has 1 unspecified atom stereocenters. The quantitative estimate of drug-likeness (QED) is 0.710. The Balaban J connectivity index is 2.05. The second kappa shape index (κ2) is 2.81. The van der Waals surface area contributed by atoms with Crippen LogP contribution < -0.4 is 5.32 Å². The summed E-state index contributed by atoms with van der Waals surface area (Å²) >= 11 is 0. The lowest BCUT2D eigenvalue weighted by molar-refractivity contribution is -0.115. The predicted molar refractivity (Wildman–Crippen MR) is 48.0 cm³/mol. The second-order valence-electron chi connectivity index (χ2n) is 2.75. The summed E-state index contributed by atoms with van der Waals surface area (Å²) in [6, 6.07) is 9.61. The summed E-state index contributed by atoms with van der Waals surface area (Å²) in [7, 11) is 0. The maximum absolute atomic E-state index is 10.9. The van der Waals surface area contributed by atoms with E-state index in [1.807, 2.05) is 36.4 Å². The fourth-order valence-electron chi connectivity index (χ4n) is 1.10. The van der Waals surface area contributed by atoms with Crippen molar-refractivity contribution < 1.29 is 4.79 Å². The van der Waals surface area contributed by atoms with Crippen LogP contribution in [-0.2, 0) is 4.79 Å². The molecule has 0 heterocycles. The molecule has 1 aliphatic rings. The Kier molecular flexibility index (Phi) is 1.67. The summed E-state index contributed by atoms with van der Waals surface area (Å²) in [5.74, 6) is 0.152. The predicted octanol–water partition coefficient (Wildman–Crippen LogP) is 1.61. The molecule has 0 radical (unpaired) electrons. The van der Waals surface area contributed by atoms with Crippen molar-refractivity contribution >= 4 is 11.5 Å². The first-order valence-corrected chi connectivity index (χ1v) is 3.90. The molecule has 0 amide bonds. The van der Waals surface area contributed by atoms with Crippen LogP contribution in [0.25, 0.3) is 0 Å². The maximum atomic E-state index is 10.9. The highest BCUT2D eigenvalue weighted by Gasteiger charge is 2.19. The van der Waals surface area contributed by atoms with Crippen LogP contribution in [0.15, 0.2) is 42.5 Å². The third-order valence-electron chi connectivity index (χ3n) is 1.86. The Morgan fingerprint density at radius 2 is 1.92 bits per heavy atom. The highest BCUT2D eigenvalue weighted by molar-refractivity contribution is 6.04. The first-order valence-electron chi connectivity index (χ1n) is 3.90. The minimum atomic E-state index is -0.104. The third kappa shape index (κ3) is 1.23. The molecule has 1 aliphatic carbocycles. The molecule has 0 saturated heterocycles. The molecular weight excluding hydrogens is 150 g/mol. The lowest BCUT2D eigenvalue weighted by Crippen LogP contribution is -2.32. The molecule has 0 bridgehead atoms. The molecule has 60 valence electrons. The SMILES string of the molecule is O=C1C=CC1Nc1ccccc1. The fourth-order valence-corrected chi connectivity index (χ4v) is 1.10. The molecule has 2 rings (SSSR count). The zero-order valence-corrected chi connectivity index (χ0v) is 6.53. The first kappa shape index (κ1) is 7.10. The van der Waals surface area contributed by atoms with E-state index in [4.69, 9.17) is 0 Å². The summed E-state index contributed by atoms with van der Waals surface area (Å²) in [6.07, 6.45) is 3.44. The number of hydrogen-bond acceptors (Lipinski definition) is 2. The van der Waals surface area contributed by atoms with E-state index in [9.17, 15) is 4.79 Å². The molecule has 12 heavy (non-hydrogen) atoms. The summed E-state index contributed by atoms with van der Waals surface area (Å²) < 4.78 is 0. The zero-order chi connectivity index (χ0) is 8.39. The normalized spacial score (nSPS) is 20.3. The van der Waals surface area contributed by atoms with Crippen molar-refractivity contribution in [1.82, 2.24) is 0 Å². The Labute approximate surface area is 70.9 Å². The van der Waals surface area contributed by atoms with Gasteiger partial charge in [-0.1, -0.05) is 24.3 Å². The molecule has 0 fully saturated rings. The third-order valence-corrected chi connectivity index (χ3v) is 1.86. The number of hydrogen-bond donors (Lipinski definition) is 1. The van der Waals surface area contributed by atoms with Gasteiger partial charge in [-0.2, -0.15) is 0 Å². The van der Waals surface area contributed by atoms with E-state index >= 15 is 0 Å². The molecule has 2 heteroatoms. The molecule has 1 atom stereocenters. The number of ketones is 1. The minimum Gasteiger partial charge on any atom is -0.372 e. The molecule has 0 saturated carbocycles. The van der Waals surface area contributed by atoms with Crippen molar-refractivity contribution in [3.05, 3.63) is 42.5 Å². The van der Waals surface area contributed by atoms with Gasteiger partial charge in [0.05, 0.1) is 0 Å². The van der Waals surface area contributed by atoms with E-state index in [-0.39, 0.29) is 11.8 Å². The average Bonchev–Trinajstić information content (AvgIpc) is 2.14.